The highest BCUT2D eigenvalue weighted by Crippen LogP contribution is 2.20. The van der Waals surface area contributed by atoms with Gasteiger partial charge < -0.3 is 5.32 Å². The molecule has 0 aliphatic carbocycles. The highest BCUT2D eigenvalue weighted by atomic mass is 16.1. The minimum Gasteiger partial charge on any atom is -0.322 e. The van der Waals surface area contributed by atoms with E-state index in [1.54, 1.807) is 0 Å². The van der Waals surface area contributed by atoms with Gasteiger partial charge in [-0.15, -0.1) is 0 Å². The van der Waals surface area contributed by atoms with E-state index >= 15 is 0 Å². The number of para-hydroxylation sites is 2. The van der Waals surface area contributed by atoms with E-state index in [9.17, 15) is 4.79 Å². The monoisotopic (exact) mass is 396 g/mol. The van der Waals surface area contributed by atoms with E-state index in [1.807, 2.05) is 77.6 Å². The van der Waals surface area contributed by atoms with Crippen LogP contribution in [0.4, 0.5) is 5.69 Å². The number of fused-ring (bicyclic) bond motifs is 1. The lowest BCUT2D eigenvalue weighted by Gasteiger charge is -2.15. The van der Waals surface area contributed by atoms with E-state index in [2.05, 4.69) is 21.3 Å². The number of likely N-dealkylation sites (tertiary alicyclic amines) is 1. The molecule has 1 aliphatic rings. The number of imidazole rings is 1. The summed E-state index contributed by atoms with van der Waals surface area (Å²) in [6.07, 6.45) is 4.36. The van der Waals surface area contributed by atoms with Crippen molar-refractivity contribution in [1.29, 1.82) is 0 Å². The second-order valence-corrected chi connectivity index (χ2v) is 7.79. The van der Waals surface area contributed by atoms with Gasteiger partial charge in [-0.1, -0.05) is 24.3 Å². The summed E-state index contributed by atoms with van der Waals surface area (Å²) >= 11 is 0. The molecule has 5 rings (SSSR count). The van der Waals surface area contributed by atoms with Gasteiger partial charge in [-0.25, -0.2) is 4.98 Å². The molecule has 5 heteroatoms. The molecule has 4 aromatic rings. The molecule has 0 saturated carbocycles. The van der Waals surface area contributed by atoms with Crippen molar-refractivity contribution in [2.75, 3.05) is 18.4 Å². The SMILES string of the molecule is O=C(Nc1ccc(-n2cnc3ccccc32)cc1)c1cccc(CN2CCCC2)c1. The van der Waals surface area contributed by atoms with Crippen LogP contribution in [0, 0.1) is 0 Å². The summed E-state index contributed by atoms with van der Waals surface area (Å²) in [5.74, 6) is -0.0842. The van der Waals surface area contributed by atoms with Gasteiger partial charge in [0.05, 0.1) is 11.0 Å². The van der Waals surface area contributed by atoms with Crippen LogP contribution in [0.1, 0.15) is 28.8 Å². The molecular formula is C25H24N4O. The van der Waals surface area contributed by atoms with Gasteiger partial charge in [0.25, 0.3) is 5.91 Å². The maximum atomic E-state index is 12.8. The van der Waals surface area contributed by atoms with Crippen LogP contribution in [0.15, 0.2) is 79.1 Å². The molecule has 1 amide bonds. The summed E-state index contributed by atoms with van der Waals surface area (Å²) in [6.45, 7) is 3.21. The fraction of sp³-hybridized carbons (Fsp3) is 0.200. The van der Waals surface area contributed by atoms with Crippen LogP contribution >= 0.6 is 0 Å². The van der Waals surface area contributed by atoms with Crippen molar-refractivity contribution in [3.63, 3.8) is 0 Å². The van der Waals surface area contributed by atoms with Crippen molar-refractivity contribution < 1.29 is 4.79 Å². The molecule has 30 heavy (non-hydrogen) atoms. The molecule has 0 spiro atoms. The van der Waals surface area contributed by atoms with Gasteiger partial charge in [-0.2, -0.15) is 0 Å². The van der Waals surface area contributed by atoms with Crippen molar-refractivity contribution in [1.82, 2.24) is 14.5 Å². The first-order chi connectivity index (χ1) is 14.8. The van der Waals surface area contributed by atoms with Crippen molar-refractivity contribution in [2.24, 2.45) is 0 Å². The largest absolute Gasteiger partial charge is 0.322 e. The summed E-state index contributed by atoms with van der Waals surface area (Å²) in [5, 5.41) is 3.01. The summed E-state index contributed by atoms with van der Waals surface area (Å²) in [4.78, 5) is 19.6. The maximum absolute atomic E-state index is 12.8. The molecule has 0 unspecified atom stereocenters. The second kappa shape index (κ2) is 8.13. The number of nitrogens with zero attached hydrogens (tertiary/aromatic N) is 3. The van der Waals surface area contributed by atoms with Crippen molar-refractivity contribution in [3.8, 4) is 5.69 Å². The van der Waals surface area contributed by atoms with Gasteiger partial charge in [0.1, 0.15) is 6.33 Å². The number of benzene rings is 3. The molecule has 0 bridgehead atoms. The Morgan fingerprint density at radius 1 is 0.933 bits per heavy atom. The number of amides is 1. The van der Waals surface area contributed by atoms with Crippen LogP contribution in [0.25, 0.3) is 16.7 Å². The normalized spacial score (nSPS) is 14.3. The van der Waals surface area contributed by atoms with Crippen LogP contribution < -0.4 is 5.32 Å². The second-order valence-electron chi connectivity index (χ2n) is 7.79. The van der Waals surface area contributed by atoms with Gasteiger partial charge in [0, 0.05) is 23.5 Å². The third-order valence-corrected chi connectivity index (χ3v) is 5.65. The van der Waals surface area contributed by atoms with Gasteiger partial charge in [0.15, 0.2) is 0 Å². The molecular weight excluding hydrogens is 372 g/mol. The molecule has 5 nitrogen and oxygen atoms in total. The smallest absolute Gasteiger partial charge is 0.255 e. The summed E-state index contributed by atoms with van der Waals surface area (Å²) in [7, 11) is 0. The highest BCUT2D eigenvalue weighted by Gasteiger charge is 2.13. The Morgan fingerprint density at radius 3 is 2.57 bits per heavy atom. The zero-order chi connectivity index (χ0) is 20.3. The maximum Gasteiger partial charge on any atom is 0.255 e. The van der Waals surface area contributed by atoms with Gasteiger partial charge >= 0.3 is 0 Å². The van der Waals surface area contributed by atoms with Gasteiger partial charge in [-0.05, 0) is 80.0 Å². The Hall–Kier alpha value is -3.44. The molecule has 150 valence electrons. The van der Waals surface area contributed by atoms with Crippen LogP contribution in [-0.2, 0) is 6.54 Å². The number of carbonyl (C=O) groups excluding carboxylic acids is 1. The van der Waals surface area contributed by atoms with Gasteiger partial charge in [-0.3, -0.25) is 14.3 Å². The minimum absolute atomic E-state index is 0.0842. The molecule has 0 radical (unpaired) electrons. The van der Waals surface area contributed by atoms with E-state index in [1.165, 1.54) is 18.4 Å². The number of anilines is 1. The Labute approximate surface area is 176 Å². The number of hydrogen-bond donors (Lipinski definition) is 1. The quantitative estimate of drug-likeness (QED) is 0.523. The average molecular weight is 396 g/mol. The third-order valence-electron chi connectivity index (χ3n) is 5.65. The molecule has 3 aromatic carbocycles. The van der Waals surface area contributed by atoms with Gasteiger partial charge in [0.2, 0.25) is 0 Å². The summed E-state index contributed by atoms with van der Waals surface area (Å²) in [6, 6.07) is 23.8. The highest BCUT2D eigenvalue weighted by molar-refractivity contribution is 6.04. The zero-order valence-electron chi connectivity index (χ0n) is 16.8. The third kappa shape index (κ3) is 3.84. The van der Waals surface area contributed by atoms with Crippen LogP contribution in [0.2, 0.25) is 0 Å². The van der Waals surface area contributed by atoms with E-state index in [0.717, 1.165) is 42.0 Å². The van der Waals surface area contributed by atoms with E-state index < -0.39 is 0 Å². The molecule has 1 saturated heterocycles. The lowest BCUT2D eigenvalue weighted by Crippen LogP contribution is -2.19. The topological polar surface area (TPSA) is 50.2 Å². The molecule has 1 aromatic heterocycles. The zero-order valence-corrected chi connectivity index (χ0v) is 16.8. The molecule has 1 fully saturated rings. The first-order valence-electron chi connectivity index (χ1n) is 10.4. The molecule has 1 N–H and O–H groups in total. The average Bonchev–Trinajstić information content (AvgIpc) is 3.44. The number of hydrogen-bond acceptors (Lipinski definition) is 3. The summed E-state index contributed by atoms with van der Waals surface area (Å²) in [5.41, 5.74) is 5.68. The van der Waals surface area contributed by atoms with Crippen molar-refractivity contribution in [3.05, 3.63) is 90.3 Å². The Bertz CT molecular complexity index is 1170. The number of carbonyl (C=O) groups is 1. The number of nitrogens with one attached hydrogen (secondary N) is 1. The predicted octanol–water partition coefficient (Wildman–Crippen LogP) is 4.87. The fourth-order valence-electron chi connectivity index (χ4n) is 4.08. The van der Waals surface area contributed by atoms with E-state index in [0.29, 0.717) is 5.56 Å². The molecule has 1 aliphatic heterocycles. The minimum atomic E-state index is -0.0842. The van der Waals surface area contributed by atoms with E-state index in [4.69, 9.17) is 0 Å². The molecule has 0 atom stereocenters. The molecule has 2 heterocycles. The van der Waals surface area contributed by atoms with Crippen molar-refractivity contribution >= 4 is 22.6 Å². The predicted molar refractivity (Wildman–Crippen MR) is 120 cm³/mol. The lowest BCUT2D eigenvalue weighted by molar-refractivity contribution is 0.102. The Morgan fingerprint density at radius 2 is 1.73 bits per heavy atom. The van der Waals surface area contributed by atoms with Crippen molar-refractivity contribution in [2.45, 2.75) is 19.4 Å². The van der Waals surface area contributed by atoms with Crippen LogP contribution in [0.5, 0.6) is 0 Å². The fourth-order valence-corrected chi connectivity index (χ4v) is 4.08. The number of aromatic nitrogens is 2. The van der Waals surface area contributed by atoms with Crippen LogP contribution in [-0.4, -0.2) is 33.4 Å². The van der Waals surface area contributed by atoms with Crippen LogP contribution in [0.3, 0.4) is 0 Å². The first-order valence-corrected chi connectivity index (χ1v) is 10.4. The first kappa shape index (κ1) is 18.6. The lowest BCUT2D eigenvalue weighted by atomic mass is 10.1. The number of rotatable bonds is 5. The Balaban J connectivity index is 1.29. The standard InChI is InChI=1S/C25H24N4O/c30-25(20-7-5-6-19(16-20)17-28-14-3-4-15-28)27-21-10-12-22(13-11-21)29-18-26-23-8-1-2-9-24(23)29/h1-2,5-13,16,18H,3-4,14-15,17H2,(H,27,30). The Kier molecular flexibility index (Phi) is 5.03. The van der Waals surface area contributed by atoms with E-state index in [-0.39, 0.29) is 5.91 Å². The summed E-state index contributed by atoms with van der Waals surface area (Å²) < 4.78 is 2.04.